The van der Waals surface area contributed by atoms with E-state index >= 15 is 0 Å². The molecule has 0 unspecified atom stereocenters. The van der Waals surface area contributed by atoms with Gasteiger partial charge in [0.25, 0.3) is 0 Å². The van der Waals surface area contributed by atoms with Crippen LogP contribution >= 0.6 is 15.9 Å². The summed E-state index contributed by atoms with van der Waals surface area (Å²) < 4.78 is 0.740. The molecule has 0 aliphatic rings. The SMILES string of the molecule is CC(C)c1ccnc(Br)c1N. The van der Waals surface area contributed by atoms with Crippen LogP contribution in [-0.2, 0) is 0 Å². The monoisotopic (exact) mass is 214 g/mol. The molecule has 3 heteroatoms. The largest absolute Gasteiger partial charge is 0.396 e. The van der Waals surface area contributed by atoms with Crippen molar-refractivity contribution in [3.63, 3.8) is 0 Å². The summed E-state index contributed by atoms with van der Waals surface area (Å²) >= 11 is 3.28. The summed E-state index contributed by atoms with van der Waals surface area (Å²) in [5.74, 6) is 0.453. The molecule has 60 valence electrons. The van der Waals surface area contributed by atoms with Crippen molar-refractivity contribution in [2.24, 2.45) is 0 Å². The van der Waals surface area contributed by atoms with Gasteiger partial charge in [-0.1, -0.05) is 13.8 Å². The van der Waals surface area contributed by atoms with Crippen LogP contribution < -0.4 is 5.73 Å². The quantitative estimate of drug-likeness (QED) is 0.731. The van der Waals surface area contributed by atoms with E-state index in [1.54, 1.807) is 6.20 Å². The molecule has 1 aromatic rings. The second-order valence-corrected chi connectivity index (χ2v) is 3.51. The third kappa shape index (κ3) is 1.71. The molecule has 0 fully saturated rings. The number of pyridine rings is 1. The van der Waals surface area contributed by atoms with E-state index in [4.69, 9.17) is 5.73 Å². The van der Waals surface area contributed by atoms with Gasteiger partial charge in [0.05, 0.1) is 5.69 Å². The molecule has 11 heavy (non-hydrogen) atoms. The van der Waals surface area contributed by atoms with Gasteiger partial charge in [-0.2, -0.15) is 0 Å². The first-order valence-corrected chi connectivity index (χ1v) is 4.32. The fraction of sp³-hybridized carbons (Fsp3) is 0.375. The number of rotatable bonds is 1. The highest BCUT2D eigenvalue weighted by atomic mass is 79.9. The molecule has 0 aromatic carbocycles. The van der Waals surface area contributed by atoms with Crippen LogP contribution in [-0.4, -0.2) is 4.98 Å². The number of anilines is 1. The van der Waals surface area contributed by atoms with Crippen LogP contribution in [0, 0.1) is 0 Å². The molecule has 0 saturated carbocycles. The van der Waals surface area contributed by atoms with Crippen LogP contribution in [0.15, 0.2) is 16.9 Å². The number of hydrogen-bond acceptors (Lipinski definition) is 2. The second-order valence-electron chi connectivity index (χ2n) is 2.76. The molecule has 0 radical (unpaired) electrons. The van der Waals surface area contributed by atoms with Crippen LogP contribution in [0.5, 0.6) is 0 Å². The molecule has 1 heterocycles. The summed E-state index contributed by atoms with van der Waals surface area (Å²) in [6, 6.07) is 1.95. The minimum absolute atomic E-state index is 0.453. The zero-order valence-electron chi connectivity index (χ0n) is 6.63. The van der Waals surface area contributed by atoms with E-state index in [0.29, 0.717) is 5.92 Å². The summed E-state index contributed by atoms with van der Waals surface area (Å²) in [6.45, 7) is 4.22. The number of nitrogens with zero attached hydrogens (tertiary/aromatic N) is 1. The average Bonchev–Trinajstić information content (AvgIpc) is 1.94. The van der Waals surface area contributed by atoms with Crippen molar-refractivity contribution in [2.75, 3.05) is 5.73 Å². The highest BCUT2D eigenvalue weighted by Gasteiger charge is 2.06. The summed E-state index contributed by atoms with van der Waals surface area (Å²) in [5.41, 5.74) is 7.67. The maximum Gasteiger partial charge on any atom is 0.129 e. The van der Waals surface area contributed by atoms with Crippen molar-refractivity contribution in [3.8, 4) is 0 Å². The smallest absolute Gasteiger partial charge is 0.129 e. The molecule has 0 bridgehead atoms. The second kappa shape index (κ2) is 3.22. The fourth-order valence-corrected chi connectivity index (χ4v) is 1.31. The molecule has 2 N–H and O–H groups in total. The maximum atomic E-state index is 5.77. The van der Waals surface area contributed by atoms with Gasteiger partial charge in [-0.3, -0.25) is 0 Å². The zero-order valence-corrected chi connectivity index (χ0v) is 8.22. The Morgan fingerprint density at radius 3 is 2.64 bits per heavy atom. The Labute approximate surface area is 75.0 Å². The lowest BCUT2D eigenvalue weighted by Crippen LogP contribution is -1.98. The molecule has 1 aromatic heterocycles. The Kier molecular flexibility index (Phi) is 2.49. The Balaban J connectivity index is 3.17. The molecule has 0 aliphatic carbocycles. The molecule has 2 nitrogen and oxygen atoms in total. The minimum Gasteiger partial charge on any atom is -0.396 e. The lowest BCUT2D eigenvalue weighted by Gasteiger charge is -2.08. The first-order valence-electron chi connectivity index (χ1n) is 3.52. The van der Waals surface area contributed by atoms with E-state index in [9.17, 15) is 0 Å². The van der Waals surface area contributed by atoms with Crippen molar-refractivity contribution in [1.29, 1.82) is 0 Å². The summed E-state index contributed by atoms with van der Waals surface area (Å²) in [4.78, 5) is 4.01. The third-order valence-electron chi connectivity index (χ3n) is 1.60. The molecule has 0 amide bonds. The molecular formula is C8H11BrN2. The summed E-state index contributed by atoms with van der Waals surface area (Å²) in [5, 5.41) is 0. The number of nitrogens with two attached hydrogens (primary N) is 1. The van der Waals surface area contributed by atoms with Crippen LogP contribution in [0.4, 0.5) is 5.69 Å². The Morgan fingerprint density at radius 2 is 2.18 bits per heavy atom. The number of hydrogen-bond donors (Lipinski definition) is 1. The van der Waals surface area contributed by atoms with E-state index in [0.717, 1.165) is 15.9 Å². The van der Waals surface area contributed by atoms with E-state index in [1.807, 2.05) is 6.07 Å². The number of aromatic nitrogens is 1. The predicted molar refractivity (Wildman–Crippen MR) is 50.4 cm³/mol. The minimum atomic E-state index is 0.453. The van der Waals surface area contributed by atoms with Gasteiger partial charge >= 0.3 is 0 Å². The first kappa shape index (κ1) is 8.53. The first-order chi connectivity index (χ1) is 5.13. The average molecular weight is 215 g/mol. The van der Waals surface area contributed by atoms with Crippen molar-refractivity contribution < 1.29 is 0 Å². The van der Waals surface area contributed by atoms with E-state index in [-0.39, 0.29) is 0 Å². The van der Waals surface area contributed by atoms with E-state index < -0.39 is 0 Å². The molecule has 0 spiro atoms. The van der Waals surface area contributed by atoms with E-state index in [1.165, 1.54) is 0 Å². The van der Waals surface area contributed by atoms with Crippen molar-refractivity contribution in [1.82, 2.24) is 4.98 Å². The standard InChI is InChI=1S/C8H11BrN2/c1-5(2)6-3-4-11-8(9)7(6)10/h3-5H,10H2,1-2H3. The molecule has 0 aliphatic heterocycles. The third-order valence-corrected chi connectivity index (χ3v) is 2.23. The molecular weight excluding hydrogens is 204 g/mol. The van der Waals surface area contributed by atoms with Gasteiger partial charge in [-0.15, -0.1) is 0 Å². The van der Waals surface area contributed by atoms with Gasteiger partial charge in [0, 0.05) is 6.20 Å². The Bertz CT molecular complexity index is 258. The van der Waals surface area contributed by atoms with Crippen molar-refractivity contribution in [2.45, 2.75) is 19.8 Å². The van der Waals surface area contributed by atoms with Gasteiger partial charge in [0.2, 0.25) is 0 Å². The van der Waals surface area contributed by atoms with Gasteiger partial charge in [-0.05, 0) is 33.5 Å². The van der Waals surface area contributed by atoms with Crippen molar-refractivity contribution in [3.05, 3.63) is 22.4 Å². The summed E-state index contributed by atoms with van der Waals surface area (Å²) in [6.07, 6.45) is 1.76. The van der Waals surface area contributed by atoms with Crippen LogP contribution in [0.25, 0.3) is 0 Å². The maximum absolute atomic E-state index is 5.77. The van der Waals surface area contributed by atoms with Gasteiger partial charge < -0.3 is 5.73 Å². The van der Waals surface area contributed by atoms with Gasteiger partial charge in [0.1, 0.15) is 4.60 Å². The molecule has 0 saturated heterocycles. The lowest BCUT2D eigenvalue weighted by atomic mass is 10.0. The van der Waals surface area contributed by atoms with Gasteiger partial charge in [0.15, 0.2) is 0 Å². The zero-order chi connectivity index (χ0) is 8.43. The molecule has 0 atom stereocenters. The Hall–Kier alpha value is -0.570. The van der Waals surface area contributed by atoms with E-state index in [2.05, 4.69) is 34.8 Å². The fourth-order valence-electron chi connectivity index (χ4n) is 0.965. The normalized spacial score (nSPS) is 10.5. The summed E-state index contributed by atoms with van der Waals surface area (Å²) in [7, 11) is 0. The predicted octanol–water partition coefficient (Wildman–Crippen LogP) is 2.55. The Morgan fingerprint density at radius 1 is 1.55 bits per heavy atom. The highest BCUT2D eigenvalue weighted by Crippen LogP contribution is 2.26. The van der Waals surface area contributed by atoms with Crippen molar-refractivity contribution >= 4 is 21.6 Å². The number of nitrogen functional groups attached to an aromatic ring is 1. The highest BCUT2D eigenvalue weighted by molar-refractivity contribution is 9.10. The van der Waals surface area contributed by atoms with Crippen LogP contribution in [0.2, 0.25) is 0 Å². The topological polar surface area (TPSA) is 38.9 Å². The van der Waals surface area contributed by atoms with Crippen LogP contribution in [0.1, 0.15) is 25.3 Å². The molecule has 1 rings (SSSR count). The van der Waals surface area contributed by atoms with Gasteiger partial charge in [-0.25, -0.2) is 4.98 Å². The lowest BCUT2D eigenvalue weighted by molar-refractivity contribution is 0.865. The van der Waals surface area contributed by atoms with Crippen LogP contribution in [0.3, 0.4) is 0 Å². The number of halogens is 1.